The number of rotatable bonds is 3. The Morgan fingerprint density at radius 3 is 2.34 bits per heavy atom. The molecule has 5 rings (SSSR count). The number of hydrogen-bond acceptors (Lipinski definition) is 3. The summed E-state index contributed by atoms with van der Waals surface area (Å²) in [5, 5.41) is 22.2. The number of nitrogens with zero attached hydrogens (tertiary/aromatic N) is 1. The van der Waals surface area contributed by atoms with Crippen molar-refractivity contribution in [2.75, 3.05) is 0 Å². The van der Waals surface area contributed by atoms with Crippen molar-refractivity contribution in [1.29, 1.82) is 0 Å². The van der Waals surface area contributed by atoms with Gasteiger partial charge in [-0.1, -0.05) is 59.7 Å². The first-order valence-corrected chi connectivity index (χ1v) is 12.9. The van der Waals surface area contributed by atoms with E-state index in [2.05, 4.69) is 89.0 Å². The van der Waals surface area contributed by atoms with Crippen molar-refractivity contribution in [1.82, 2.24) is 4.98 Å². The van der Waals surface area contributed by atoms with Gasteiger partial charge in [0, 0.05) is 32.2 Å². The molecule has 1 heterocycles. The molecule has 35 heavy (non-hydrogen) atoms. The molecule has 2 aromatic carbocycles. The van der Waals surface area contributed by atoms with Crippen molar-refractivity contribution in [3.05, 3.63) is 65.4 Å². The van der Waals surface area contributed by atoms with E-state index in [0.717, 1.165) is 36.1 Å². The van der Waals surface area contributed by atoms with Gasteiger partial charge in [-0.15, -0.1) is 34.9 Å². The van der Waals surface area contributed by atoms with E-state index in [9.17, 15) is 10.2 Å². The molecule has 0 aliphatic heterocycles. The Hall–Kier alpha value is -1.58. The van der Waals surface area contributed by atoms with E-state index in [1.807, 2.05) is 6.20 Å². The van der Waals surface area contributed by atoms with Crippen LogP contribution < -0.4 is 0 Å². The minimum absolute atomic E-state index is 0. The van der Waals surface area contributed by atoms with Crippen LogP contribution in [0.4, 0.5) is 0 Å². The summed E-state index contributed by atoms with van der Waals surface area (Å²) in [5.74, 6) is 2.29. The van der Waals surface area contributed by atoms with Gasteiger partial charge in [-0.05, 0) is 71.0 Å². The fourth-order valence-corrected chi connectivity index (χ4v) is 6.10. The first-order chi connectivity index (χ1) is 16.2. The van der Waals surface area contributed by atoms with Crippen LogP contribution in [0.1, 0.15) is 69.6 Å². The number of aliphatic hydroxyl groups is 2. The summed E-state index contributed by atoms with van der Waals surface area (Å²) in [6.07, 6.45) is 4.56. The van der Waals surface area contributed by atoms with E-state index >= 15 is 0 Å². The van der Waals surface area contributed by atoms with Crippen LogP contribution in [0, 0.1) is 43.6 Å². The molecule has 0 bridgehead atoms. The fraction of sp³-hybridized carbons (Fsp3) is 0.516. The molecule has 2 saturated carbocycles. The SMILES string of the molecule is CC(C)C1CC2CCC(O)C2C1O.Cc1[c-]c(-c2nccc3cc(C(C)C)ccc23)cc(C)c1.[Ir]. The maximum Gasteiger partial charge on any atom is 0.0626 e. The van der Waals surface area contributed by atoms with E-state index in [1.165, 1.54) is 21.9 Å². The molecule has 4 heteroatoms. The van der Waals surface area contributed by atoms with Gasteiger partial charge in [-0.3, -0.25) is 0 Å². The van der Waals surface area contributed by atoms with Gasteiger partial charge in [0.25, 0.3) is 0 Å². The minimum atomic E-state index is -0.248. The van der Waals surface area contributed by atoms with E-state index in [0.29, 0.717) is 23.7 Å². The zero-order valence-electron chi connectivity index (χ0n) is 21.9. The number of benzene rings is 2. The molecule has 2 N–H and O–H groups in total. The van der Waals surface area contributed by atoms with Crippen LogP contribution in [0.15, 0.2) is 42.6 Å². The molecule has 1 aromatic heterocycles. The minimum Gasteiger partial charge on any atom is -0.393 e. The smallest absolute Gasteiger partial charge is 0.0626 e. The molecular weight excluding hydrogens is 611 g/mol. The quantitative estimate of drug-likeness (QED) is 0.305. The zero-order chi connectivity index (χ0) is 24.6. The van der Waals surface area contributed by atoms with E-state index < -0.39 is 0 Å². The maximum atomic E-state index is 10.0. The summed E-state index contributed by atoms with van der Waals surface area (Å²) in [7, 11) is 0. The Kier molecular flexibility index (Phi) is 9.32. The van der Waals surface area contributed by atoms with Crippen LogP contribution in [-0.2, 0) is 20.1 Å². The Labute approximate surface area is 224 Å². The van der Waals surface area contributed by atoms with E-state index in [4.69, 9.17) is 0 Å². The predicted octanol–water partition coefficient (Wildman–Crippen LogP) is 6.85. The molecule has 1 radical (unpaired) electrons. The van der Waals surface area contributed by atoms with Crippen molar-refractivity contribution in [2.24, 2.45) is 23.7 Å². The molecule has 0 amide bonds. The normalized spacial score (nSPS) is 25.4. The third-order valence-corrected chi connectivity index (χ3v) is 7.94. The topological polar surface area (TPSA) is 53.4 Å². The second kappa shape index (κ2) is 11.6. The summed E-state index contributed by atoms with van der Waals surface area (Å²) in [6, 6.07) is 16.5. The van der Waals surface area contributed by atoms with Crippen LogP contribution >= 0.6 is 0 Å². The standard InChI is InChI=1S/C20H20N.C11H20O2.Ir/c1-13(2)16-5-6-19-17(12-16)7-8-21-20(19)18-10-14(3)9-15(4)11-18;1-6(2)8-5-7-3-4-9(12)10(7)11(8)13;/h5-10,12-13H,1-4H3;6-13H,3-5H2,1-2H3;/q-1;;. The molecule has 2 aliphatic carbocycles. The van der Waals surface area contributed by atoms with Crippen molar-refractivity contribution in [3.63, 3.8) is 0 Å². The van der Waals surface area contributed by atoms with Gasteiger partial charge in [0.1, 0.15) is 0 Å². The van der Waals surface area contributed by atoms with Gasteiger partial charge in [0.2, 0.25) is 0 Å². The van der Waals surface area contributed by atoms with Crippen molar-refractivity contribution in [3.8, 4) is 11.3 Å². The molecule has 3 aromatic rings. The molecule has 5 atom stereocenters. The van der Waals surface area contributed by atoms with Crippen LogP contribution in [0.25, 0.3) is 22.0 Å². The molecule has 5 unspecified atom stereocenters. The largest absolute Gasteiger partial charge is 0.393 e. The second-order valence-electron chi connectivity index (χ2n) is 11.2. The number of fused-ring (bicyclic) bond motifs is 2. The first kappa shape index (κ1) is 28.0. The summed E-state index contributed by atoms with van der Waals surface area (Å²) in [4.78, 5) is 4.60. The molecular formula is C31H40IrNO2-. The van der Waals surface area contributed by atoms with Crippen LogP contribution in [0.2, 0.25) is 0 Å². The number of aryl methyl sites for hydroxylation is 2. The summed E-state index contributed by atoms with van der Waals surface area (Å²) in [5.41, 5.74) is 5.87. The predicted molar refractivity (Wildman–Crippen MR) is 141 cm³/mol. The number of pyridine rings is 1. The van der Waals surface area contributed by atoms with Gasteiger partial charge in [0.15, 0.2) is 0 Å². The van der Waals surface area contributed by atoms with Gasteiger partial charge in [-0.25, -0.2) is 0 Å². The molecule has 2 fully saturated rings. The Morgan fingerprint density at radius 2 is 1.71 bits per heavy atom. The van der Waals surface area contributed by atoms with E-state index in [1.54, 1.807) is 0 Å². The first-order valence-electron chi connectivity index (χ1n) is 12.9. The van der Waals surface area contributed by atoms with Crippen molar-refractivity contribution >= 4 is 10.8 Å². The summed E-state index contributed by atoms with van der Waals surface area (Å²) >= 11 is 0. The molecule has 2 aliphatic rings. The third kappa shape index (κ3) is 6.05. The Morgan fingerprint density at radius 1 is 0.971 bits per heavy atom. The van der Waals surface area contributed by atoms with Crippen LogP contribution in [0.3, 0.4) is 0 Å². The summed E-state index contributed by atoms with van der Waals surface area (Å²) in [6.45, 7) is 13.0. The maximum absolute atomic E-state index is 10.0. The van der Waals surface area contributed by atoms with Gasteiger partial charge in [0.05, 0.1) is 12.2 Å². The van der Waals surface area contributed by atoms with Crippen molar-refractivity contribution in [2.45, 2.75) is 78.9 Å². The monoisotopic (exact) mass is 651 g/mol. The van der Waals surface area contributed by atoms with Gasteiger partial charge in [-0.2, -0.15) is 0 Å². The second-order valence-corrected chi connectivity index (χ2v) is 11.2. The molecule has 0 saturated heterocycles. The van der Waals surface area contributed by atoms with E-state index in [-0.39, 0.29) is 38.2 Å². The number of aliphatic hydroxyl groups excluding tert-OH is 2. The Bertz CT molecular complexity index is 1120. The van der Waals surface area contributed by atoms with Crippen LogP contribution in [0.5, 0.6) is 0 Å². The van der Waals surface area contributed by atoms with Crippen LogP contribution in [-0.4, -0.2) is 27.4 Å². The van der Waals surface area contributed by atoms with Gasteiger partial charge < -0.3 is 15.2 Å². The third-order valence-electron chi connectivity index (χ3n) is 7.94. The fourth-order valence-electron chi connectivity index (χ4n) is 6.10. The average molecular weight is 651 g/mol. The zero-order valence-corrected chi connectivity index (χ0v) is 24.3. The number of hydrogen-bond donors (Lipinski definition) is 2. The molecule has 3 nitrogen and oxygen atoms in total. The molecule has 191 valence electrons. The average Bonchev–Trinajstić information content (AvgIpc) is 3.32. The Balaban J connectivity index is 0.000000211. The number of aromatic nitrogens is 1. The summed E-state index contributed by atoms with van der Waals surface area (Å²) < 4.78 is 0. The van der Waals surface area contributed by atoms with Crippen molar-refractivity contribution < 1.29 is 30.3 Å². The molecule has 0 spiro atoms. The van der Waals surface area contributed by atoms with Gasteiger partial charge >= 0.3 is 0 Å².